The number of hydrogen-bond acceptors (Lipinski definition) is 3. The highest BCUT2D eigenvalue weighted by Crippen LogP contribution is 2.28. The van der Waals surface area contributed by atoms with Crippen molar-refractivity contribution >= 4 is 53.0 Å². The molecule has 0 aromatic heterocycles. The van der Waals surface area contributed by atoms with Gasteiger partial charge in [-0.2, -0.15) is 0 Å². The van der Waals surface area contributed by atoms with E-state index in [2.05, 4.69) is 17.4 Å². The quantitative estimate of drug-likeness (QED) is 0.403. The Morgan fingerprint density at radius 1 is 0.938 bits per heavy atom. The molecular formula is C25H25Cl3N2O2. The van der Waals surface area contributed by atoms with Gasteiger partial charge in [-0.15, -0.1) is 12.4 Å². The molecule has 1 amide bonds. The zero-order valence-corrected chi connectivity index (χ0v) is 20.2. The number of amides is 1. The summed E-state index contributed by atoms with van der Waals surface area (Å²) in [6.07, 6.45) is 0.815. The van der Waals surface area contributed by atoms with Crippen molar-refractivity contribution in [2.24, 2.45) is 0 Å². The van der Waals surface area contributed by atoms with E-state index in [-0.39, 0.29) is 36.7 Å². The SMILES string of the molecule is CC(Cc1ccccc1)NCC(=O)N(C)c1ccc(Cl)cc1C(=O)c1ccccc1Cl.Cl. The first kappa shape index (κ1) is 25.9. The molecule has 1 unspecified atom stereocenters. The lowest BCUT2D eigenvalue weighted by Gasteiger charge is -2.22. The Hall–Kier alpha value is -2.37. The number of carbonyl (C=O) groups is 2. The summed E-state index contributed by atoms with van der Waals surface area (Å²) in [5.74, 6) is -0.441. The van der Waals surface area contributed by atoms with Crippen LogP contribution in [0.3, 0.4) is 0 Å². The first-order valence-corrected chi connectivity index (χ1v) is 10.7. The fourth-order valence-corrected chi connectivity index (χ4v) is 3.72. The average Bonchev–Trinajstić information content (AvgIpc) is 2.77. The van der Waals surface area contributed by atoms with Crippen molar-refractivity contribution in [2.75, 3.05) is 18.5 Å². The molecule has 168 valence electrons. The van der Waals surface area contributed by atoms with Crippen LogP contribution in [-0.2, 0) is 11.2 Å². The number of anilines is 1. The predicted octanol–water partition coefficient (Wildman–Crippen LogP) is 5.83. The van der Waals surface area contributed by atoms with Crippen molar-refractivity contribution in [1.29, 1.82) is 0 Å². The summed E-state index contributed by atoms with van der Waals surface area (Å²) in [7, 11) is 1.65. The second-order valence-corrected chi connectivity index (χ2v) is 8.24. The number of benzene rings is 3. The van der Waals surface area contributed by atoms with Gasteiger partial charge in [-0.05, 0) is 49.2 Å². The van der Waals surface area contributed by atoms with Crippen molar-refractivity contribution in [2.45, 2.75) is 19.4 Å². The third-order valence-electron chi connectivity index (χ3n) is 5.04. The van der Waals surface area contributed by atoms with Gasteiger partial charge in [-0.1, -0.05) is 65.7 Å². The maximum Gasteiger partial charge on any atom is 0.240 e. The molecule has 0 aliphatic rings. The summed E-state index contributed by atoms with van der Waals surface area (Å²) in [6, 6.07) is 22.0. The molecule has 0 spiro atoms. The van der Waals surface area contributed by atoms with Crippen molar-refractivity contribution < 1.29 is 9.59 Å². The Labute approximate surface area is 204 Å². The van der Waals surface area contributed by atoms with Gasteiger partial charge in [-0.25, -0.2) is 0 Å². The third kappa shape index (κ3) is 6.57. The second-order valence-electron chi connectivity index (χ2n) is 7.39. The van der Waals surface area contributed by atoms with E-state index in [1.807, 2.05) is 25.1 Å². The molecule has 0 aliphatic heterocycles. The standard InChI is InChI=1S/C25H24Cl2N2O2.ClH/c1-17(14-18-8-4-3-5-9-18)28-16-24(30)29(2)23-13-12-19(26)15-21(23)25(31)20-10-6-7-11-22(20)27;/h3-13,15,17,28H,14,16H2,1-2H3;1H. The molecule has 3 aromatic rings. The van der Waals surface area contributed by atoms with Crippen LogP contribution in [0.2, 0.25) is 10.0 Å². The molecule has 0 bridgehead atoms. The Bertz CT molecular complexity index is 1070. The molecule has 3 rings (SSSR count). The molecule has 0 radical (unpaired) electrons. The van der Waals surface area contributed by atoms with Gasteiger partial charge in [0.1, 0.15) is 0 Å². The zero-order valence-electron chi connectivity index (χ0n) is 17.8. The van der Waals surface area contributed by atoms with E-state index in [0.717, 1.165) is 6.42 Å². The van der Waals surface area contributed by atoms with Gasteiger partial charge in [0.15, 0.2) is 5.78 Å². The Morgan fingerprint density at radius 3 is 2.28 bits per heavy atom. The molecule has 0 aliphatic carbocycles. The Morgan fingerprint density at radius 2 is 1.59 bits per heavy atom. The van der Waals surface area contributed by atoms with Crippen LogP contribution in [0.4, 0.5) is 5.69 Å². The van der Waals surface area contributed by atoms with Gasteiger partial charge in [-0.3, -0.25) is 9.59 Å². The zero-order chi connectivity index (χ0) is 22.4. The molecule has 1 atom stereocenters. The number of ketones is 1. The molecular weight excluding hydrogens is 467 g/mol. The number of likely N-dealkylation sites (N-methyl/N-ethyl adjacent to an activating group) is 1. The summed E-state index contributed by atoms with van der Waals surface area (Å²) >= 11 is 12.4. The fourth-order valence-electron chi connectivity index (χ4n) is 3.33. The van der Waals surface area contributed by atoms with Crippen LogP contribution in [0.25, 0.3) is 0 Å². The van der Waals surface area contributed by atoms with E-state index < -0.39 is 0 Å². The molecule has 4 nitrogen and oxygen atoms in total. The maximum absolute atomic E-state index is 13.1. The highest BCUT2D eigenvalue weighted by Gasteiger charge is 2.22. The van der Waals surface area contributed by atoms with E-state index in [4.69, 9.17) is 23.2 Å². The minimum Gasteiger partial charge on any atom is -0.314 e. The number of halogens is 3. The molecule has 0 saturated heterocycles. The maximum atomic E-state index is 13.1. The highest BCUT2D eigenvalue weighted by atomic mass is 35.5. The summed E-state index contributed by atoms with van der Waals surface area (Å²) in [5.41, 5.74) is 2.38. The molecule has 0 fully saturated rings. The molecule has 7 heteroatoms. The lowest BCUT2D eigenvalue weighted by atomic mass is 10.0. The van der Waals surface area contributed by atoms with Gasteiger partial charge in [0.25, 0.3) is 0 Å². The molecule has 0 saturated carbocycles. The van der Waals surface area contributed by atoms with Crippen LogP contribution in [0.5, 0.6) is 0 Å². The largest absolute Gasteiger partial charge is 0.314 e. The van der Waals surface area contributed by atoms with Crippen molar-refractivity contribution in [3.8, 4) is 0 Å². The topological polar surface area (TPSA) is 49.4 Å². The van der Waals surface area contributed by atoms with Crippen LogP contribution >= 0.6 is 35.6 Å². The van der Waals surface area contributed by atoms with Gasteiger partial charge in [0.2, 0.25) is 5.91 Å². The molecule has 3 aromatic carbocycles. The molecule has 32 heavy (non-hydrogen) atoms. The van der Waals surface area contributed by atoms with Crippen LogP contribution in [0.15, 0.2) is 72.8 Å². The summed E-state index contributed by atoms with van der Waals surface area (Å²) in [5, 5.41) is 4.02. The van der Waals surface area contributed by atoms with E-state index in [0.29, 0.717) is 26.9 Å². The van der Waals surface area contributed by atoms with Gasteiger partial charge in [0.05, 0.1) is 17.3 Å². The average molecular weight is 492 g/mol. The van der Waals surface area contributed by atoms with Crippen LogP contribution in [0, 0.1) is 0 Å². The molecule has 0 heterocycles. The number of nitrogens with zero attached hydrogens (tertiary/aromatic N) is 1. The van der Waals surface area contributed by atoms with Gasteiger partial charge < -0.3 is 10.2 Å². The summed E-state index contributed by atoms with van der Waals surface area (Å²) in [6.45, 7) is 2.18. The van der Waals surface area contributed by atoms with Crippen LogP contribution in [-0.4, -0.2) is 31.3 Å². The fraction of sp³-hybridized carbons (Fsp3) is 0.200. The number of nitrogens with one attached hydrogen (secondary N) is 1. The van der Waals surface area contributed by atoms with Gasteiger partial charge >= 0.3 is 0 Å². The van der Waals surface area contributed by atoms with Crippen molar-refractivity contribution in [3.05, 3.63) is 99.5 Å². The smallest absolute Gasteiger partial charge is 0.240 e. The monoisotopic (exact) mass is 490 g/mol. The minimum atomic E-state index is -0.284. The normalized spacial score (nSPS) is 11.4. The van der Waals surface area contributed by atoms with Crippen LogP contribution < -0.4 is 10.2 Å². The van der Waals surface area contributed by atoms with Crippen molar-refractivity contribution in [3.63, 3.8) is 0 Å². The number of hydrogen-bond donors (Lipinski definition) is 1. The first-order valence-electron chi connectivity index (χ1n) is 9.99. The lowest BCUT2D eigenvalue weighted by Crippen LogP contribution is -2.40. The van der Waals surface area contributed by atoms with E-state index in [1.54, 1.807) is 49.5 Å². The summed E-state index contributed by atoms with van der Waals surface area (Å²) < 4.78 is 0. The van der Waals surface area contributed by atoms with E-state index in [1.165, 1.54) is 10.5 Å². The van der Waals surface area contributed by atoms with Gasteiger partial charge in [0, 0.05) is 29.2 Å². The van der Waals surface area contributed by atoms with E-state index >= 15 is 0 Å². The predicted molar refractivity (Wildman–Crippen MR) is 135 cm³/mol. The molecule has 1 N–H and O–H groups in total. The Kier molecular flexibility index (Phi) is 9.73. The highest BCUT2D eigenvalue weighted by molar-refractivity contribution is 6.36. The van der Waals surface area contributed by atoms with Crippen molar-refractivity contribution in [1.82, 2.24) is 5.32 Å². The summed E-state index contributed by atoms with van der Waals surface area (Å²) in [4.78, 5) is 27.5. The third-order valence-corrected chi connectivity index (χ3v) is 5.61. The number of rotatable bonds is 8. The minimum absolute atomic E-state index is 0. The van der Waals surface area contributed by atoms with E-state index in [9.17, 15) is 9.59 Å². The lowest BCUT2D eigenvalue weighted by molar-refractivity contribution is -0.117. The first-order chi connectivity index (χ1) is 14.9. The van der Waals surface area contributed by atoms with Crippen LogP contribution in [0.1, 0.15) is 28.4 Å². The number of carbonyl (C=O) groups excluding carboxylic acids is 2. The second kappa shape index (κ2) is 12.0. The Balaban J connectivity index is 0.00000363.